The fourth-order valence-corrected chi connectivity index (χ4v) is 3.55. The molecule has 0 N–H and O–H groups in total. The Kier molecular flexibility index (Phi) is 9.15. The molecule has 3 rings (SSSR count). The summed E-state index contributed by atoms with van der Waals surface area (Å²) in [4.78, 5) is 32.3. The zero-order valence-corrected chi connectivity index (χ0v) is 19.5. The van der Waals surface area contributed by atoms with Crippen LogP contribution in [0.4, 0.5) is 0 Å². The van der Waals surface area contributed by atoms with Gasteiger partial charge in [0.2, 0.25) is 5.91 Å². The van der Waals surface area contributed by atoms with Crippen molar-refractivity contribution in [3.8, 4) is 0 Å². The van der Waals surface area contributed by atoms with Crippen LogP contribution in [0.5, 0.6) is 0 Å². The molecule has 0 radical (unpaired) electrons. The van der Waals surface area contributed by atoms with Gasteiger partial charge in [0.15, 0.2) is 0 Å². The van der Waals surface area contributed by atoms with E-state index in [1.165, 1.54) is 4.73 Å². The number of hydrogen-bond donors (Lipinski definition) is 0. The lowest BCUT2D eigenvalue weighted by atomic mass is 9.97. The first-order valence-corrected chi connectivity index (χ1v) is 11.5. The van der Waals surface area contributed by atoms with Gasteiger partial charge in [-0.3, -0.25) is 4.79 Å². The minimum atomic E-state index is -0.640. The summed E-state index contributed by atoms with van der Waals surface area (Å²) in [6.07, 6.45) is 5.05. The van der Waals surface area contributed by atoms with Gasteiger partial charge >= 0.3 is 5.97 Å². The second-order valence-corrected chi connectivity index (χ2v) is 7.97. The molecule has 1 heterocycles. The first-order chi connectivity index (χ1) is 16.1. The molecular formula is C27H28N2O3S. The number of nitrogens with zero attached hydrogens (tertiary/aromatic N) is 2. The smallest absolute Gasteiger partial charge is 0.338 e. The van der Waals surface area contributed by atoms with Gasteiger partial charge in [-0.25, -0.2) is 4.79 Å². The molecule has 1 aromatic heterocycles. The Morgan fingerprint density at radius 3 is 2.12 bits per heavy atom. The molecule has 2 aromatic carbocycles. The summed E-state index contributed by atoms with van der Waals surface area (Å²) in [5.74, 6) is -0.910. The Hall–Kier alpha value is -3.51. The van der Waals surface area contributed by atoms with Gasteiger partial charge < -0.3 is 9.74 Å². The van der Waals surface area contributed by atoms with Crippen LogP contribution in [0.2, 0.25) is 0 Å². The van der Waals surface area contributed by atoms with E-state index in [-0.39, 0.29) is 12.3 Å². The van der Waals surface area contributed by atoms with Crippen molar-refractivity contribution in [2.24, 2.45) is 0 Å². The fraction of sp³-hybridized carbons (Fsp3) is 0.222. The van der Waals surface area contributed by atoms with Crippen LogP contribution in [-0.4, -0.2) is 34.6 Å². The Morgan fingerprint density at radius 2 is 1.55 bits per heavy atom. The number of hydrogen-bond acceptors (Lipinski definition) is 4. The van der Waals surface area contributed by atoms with Crippen molar-refractivity contribution < 1.29 is 14.4 Å². The van der Waals surface area contributed by atoms with Crippen LogP contribution in [0.1, 0.15) is 37.3 Å². The monoisotopic (exact) mass is 460 g/mol. The van der Waals surface area contributed by atoms with Gasteiger partial charge in [0, 0.05) is 19.3 Å². The summed E-state index contributed by atoms with van der Waals surface area (Å²) in [6, 6.07) is 25.3. The van der Waals surface area contributed by atoms with Crippen LogP contribution >= 0.6 is 12.2 Å². The largest absolute Gasteiger partial charge is 0.342 e. The first kappa shape index (κ1) is 24.1. The molecule has 0 saturated heterocycles. The van der Waals surface area contributed by atoms with E-state index in [2.05, 4.69) is 37.3 Å². The summed E-state index contributed by atoms with van der Waals surface area (Å²) in [6.45, 7) is 3.04. The van der Waals surface area contributed by atoms with E-state index in [4.69, 9.17) is 17.1 Å². The number of amides is 1. The Bertz CT molecular complexity index is 1100. The van der Waals surface area contributed by atoms with Gasteiger partial charge in [-0.05, 0) is 35.3 Å². The van der Waals surface area contributed by atoms with E-state index >= 15 is 0 Å². The molecule has 0 aliphatic carbocycles. The third-order valence-electron chi connectivity index (χ3n) is 5.10. The molecule has 0 spiro atoms. The van der Waals surface area contributed by atoms with Gasteiger partial charge in [-0.15, -0.1) is 0 Å². The van der Waals surface area contributed by atoms with E-state index in [1.807, 2.05) is 36.4 Å². The van der Waals surface area contributed by atoms with E-state index in [0.29, 0.717) is 17.7 Å². The SMILES string of the molecule is CCCCN(CC=C(c1ccccc1)c1ccccc1)C(=O)CC(=O)On1ccccc1=S. The normalized spacial score (nSPS) is 10.3. The van der Waals surface area contributed by atoms with E-state index < -0.39 is 5.97 Å². The predicted molar refractivity (Wildman–Crippen MR) is 133 cm³/mol. The molecular weight excluding hydrogens is 432 g/mol. The highest BCUT2D eigenvalue weighted by atomic mass is 32.1. The van der Waals surface area contributed by atoms with Crippen LogP contribution in [0.15, 0.2) is 91.1 Å². The van der Waals surface area contributed by atoms with E-state index in [9.17, 15) is 9.59 Å². The van der Waals surface area contributed by atoms with Crippen molar-refractivity contribution in [2.45, 2.75) is 26.2 Å². The van der Waals surface area contributed by atoms with Crippen LogP contribution in [-0.2, 0) is 9.59 Å². The van der Waals surface area contributed by atoms with Gasteiger partial charge in [0.1, 0.15) is 11.1 Å². The van der Waals surface area contributed by atoms with E-state index in [0.717, 1.165) is 29.5 Å². The second kappa shape index (κ2) is 12.5. The highest BCUT2D eigenvalue weighted by molar-refractivity contribution is 7.71. The molecule has 0 unspecified atom stereocenters. The summed E-state index contributed by atoms with van der Waals surface area (Å²) in [5, 5.41) is 0. The van der Waals surface area contributed by atoms with Gasteiger partial charge in [0.25, 0.3) is 0 Å². The number of aromatic nitrogens is 1. The number of pyridine rings is 1. The number of carbonyl (C=O) groups excluding carboxylic acids is 2. The molecule has 33 heavy (non-hydrogen) atoms. The fourth-order valence-electron chi connectivity index (χ4n) is 3.37. The summed E-state index contributed by atoms with van der Waals surface area (Å²) in [5.41, 5.74) is 3.19. The van der Waals surface area contributed by atoms with Crippen molar-refractivity contribution in [1.82, 2.24) is 9.63 Å². The molecule has 0 bridgehead atoms. The molecule has 6 heteroatoms. The Labute approximate surface area is 199 Å². The summed E-state index contributed by atoms with van der Waals surface area (Å²) >= 11 is 5.14. The van der Waals surface area contributed by atoms with Crippen molar-refractivity contribution in [3.63, 3.8) is 0 Å². The third kappa shape index (κ3) is 7.26. The summed E-state index contributed by atoms with van der Waals surface area (Å²) in [7, 11) is 0. The average Bonchev–Trinajstić information content (AvgIpc) is 2.84. The van der Waals surface area contributed by atoms with Crippen LogP contribution < -0.4 is 4.84 Å². The zero-order valence-electron chi connectivity index (χ0n) is 18.7. The molecule has 3 aromatic rings. The first-order valence-electron chi connectivity index (χ1n) is 11.1. The molecule has 1 amide bonds. The highest BCUT2D eigenvalue weighted by Crippen LogP contribution is 2.23. The third-order valence-corrected chi connectivity index (χ3v) is 5.42. The second-order valence-electron chi connectivity index (χ2n) is 7.55. The molecule has 0 saturated carbocycles. The molecule has 5 nitrogen and oxygen atoms in total. The van der Waals surface area contributed by atoms with Gasteiger partial charge in [-0.1, -0.05) is 98.4 Å². The molecule has 0 aliphatic rings. The van der Waals surface area contributed by atoms with Crippen LogP contribution in [0.3, 0.4) is 0 Å². The lowest BCUT2D eigenvalue weighted by Gasteiger charge is -2.22. The topological polar surface area (TPSA) is 51.5 Å². The number of benzene rings is 2. The van der Waals surface area contributed by atoms with Crippen LogP contribution in [0.25, 0.3) is 5.57 Å². The number of rotatable bonds is 10. The maximum absolute atomic E-state index is 13.0. The number of unbranched alkanes of at least 4 members (excludes halogenated alkanes) is 1. The standard InChI is InChI=1S/C27H28N2O3S/c1-2-3-18-28(25(30)21-27(31)32-29-19-11-10-16-26(29)33)20-17-24(22-12-6-4-7-13-22)23-14-8-5-9-15-23/h4-17,19H,2-3,18,20-21H2,1H3. The average molecular weight is 461 g/mol. The van der Waals surface area contributed by atoms with Gasteiger partial charge in [-0.2, -0.15) is 4.73 Å². The maximum atomic E-state index is 13.0. The lowest BCUT2D eigenvalue weighted by molar-refractivity contribution is -0.149. The lowest BCUT2D eigenvalue weighted by Crippen LogP contribution is -2.35. The maximum Gasteiger partial charge on any atom is 0.342 e. The minimum absolute atomic E-state index is 0.271. The van der Waals surface area contributed by atoms with E-state index in [1.54, 1.807) is 29.3 Å². The predicted octanol–water partition coefficient (Wildman–Crippen LogP) is 5.32. The molecule has 0 aliphatic heterocycles. The number of carbonyl (C=O) groups is 2. The van der Waals surface area contributed by atoms with Crippen molar-refractivity contribution in [1.29, 1.82) is 0 Å². The van der Waals surface area contributed by atoms with Crippen molar-refractivity contribution in [3.05, 3.63) is 107 Å². The molecule has 0 fully saturated rings. The summed E-state index contributed by atoms with van der Waals surface area (Å²) < 4.78 is 1.56. The Balaban J connectivity index is 1.77. The Morgan fingerprint density at radius 1 is 0.939 bits per heavy atom. The zero-order chi connectivity index (χ0) is 23.5. The quantitative estimate of drug-likeness (QED) is 0.303. The van der Waals surface area contributed by atoms with Crippen molar-refractivity contribution in [2.75, 3.05) is 13.1 Å². The van der Waals surface area contributed by atoms with Crippen molar-refractivity contribution >= 4 is 29.7 Å². The van der Waals surface area contributed by atoms with Crippen LogP contribution in [0, 0.1) is 4.64 Å². The molecule has 170 valence electrons. The molecule has 0 atom stereocenters. The minimum Gasteiger partial charge on any atom is -0.338 e. The highest BCUT2D eigenvalue weighted by Gasteiger charge is 2.18. The van der Waals surface area contributed by atoms with Gasteiger partial charge in [0.05, 0.1) is 0 Å².